The summed E-state index contributed by atoms with van der Waals surface area (Å²) in [7, 11) is 0. The zero-order chi connectivity index (χ0) is 37.9. The van der Waals surface area contributed by atoms with Gasteiger partial charge in [0.2, 0.25) is 0 Å². The van der Waals surface area contributed by atoms with Crippen LogP contribution in [0.15, 0.2) is 182 Å². The Kier molecular flexibility index (Phi) is 7.89. The Hall–Kier alpha value is -6.84. The molecule has 4 aliphatic rings. The van der Waals surface area contributed by atoms with Gasteiger partial charge in [0.1, 0.15) is 11.5 Å². The molecule has 3 nitrogen and oxygen atoms in total. The van der Waals surface area contributed by atoms with Crippen LogP contribution >= 0.6 is 0 Å². The summed E-state index contributed by atoms with van der Waals surface area (Å²) in [5.74, 6) is 2.96. The van der Waals surface area contributed by atoms with Gasteiger partial charge in [-0.05, 0) is 99.5 Å². The van der Waals surface area contributed by atoms with Crippen molar-refractivity contribution in [3.63, 3.8) is 0 Å². The van der Waals surface area contributed by atoms with E-state index in [0.29, 0.717) is 5.92 Å². The summed E-state index contributed by atoms with van der Waals surface area (Å²) in [6.07, 6.45) is 14.1. The van der Waals surface area contributed by atoms with E-state index in [1.807, 2.05) is 0 Å². The van der Waals surface area contributed by atoms with E-state index in [1.165, 1.54) is 50.1 Å². The van der Waals surface area contributed by atoms with Gasteiger partial charge in [0.25, 0.3) is 0 Å². The van der Waals surface area contributed by atoms with Gasteiger partial charge < -0.3 is 4.74 Å². The van der Waals surface area contributed by atoms with E-state index in [0.717, 1.165) is 70.2 Å². The smallest absolute Gasteiger partial charge is 0.160 e. The van der Waals surface area contributed by atoms with Crippen molar-refractivity contribution < 1.29 is 4.74 Å². The molecule has 0 bridgehead atoms. The van der Waals surface area contributed by atoms with Crippen LogP contribution in [0.25, 0.3) is 50.2 Å². The Bertz CT molecular complexity index is 2810. The number of allylic oxidation sites excluding steroid dienone is 8. The molecule has 0 amide bonds. The van der Waals surface area contributed by atoms with Gasteiger partial charge in [-0.15, -0.1) is 0 Å². The molecular formula is C54H40N2O. The Balaban J connectivity index is 0.956. The molecular weight excluding hydrogens is 693 g/mol. The number of benzene rings is 6. The highest BCUT2D eigenvalue weighted by molar-refractivity contribution is 5.90. The maximum atomic E-state index is 6.79. The molecule has 0 saturated carbocycles. The minimum absolute atomic E-state index is 0.369. The van der Waals surface area contributed by atoms with Gasteiger partial charge in [-0.25, -0.2) is 9.97 Å². The zero-order valence-electron chi connectivity index (χ0n) is 31.8. The van der Waals surface area contributed by atoms with E-state index >= 15 is 0 Å². The van der Waals surface area contributed by atoms with Gasteiger partial charge in [-0.3, -0.25) is 0 Å². The second-order valence-corrected chi connectivity index (χ2v) is 15.6. The van der Waals surface area contributed by atoms with Crippen LogP contribution in [-0.2, 0) is 5.41 Å². The van der Waals surface area contributed by atoms with E-state index in [1.54, 1.807) is 0 Å². The van der Waals surface area contributed by atoms with E-state index in [-0.39, 0.29) is 0 Å². The quantitative estimate of drug-likeness (QED) is 0.177. The highest BCUT2D eigenvalue weighted by Gasteiger charge is 2.50. The third-order valence-corrected chi connectivity index (χ3v) is 12.3. The van der Waals surface area contributed by atoms with Crippen LogP contribution < -0.4 is 4.74 Å². The second-order valence-electron chi connectivity index (χ2n) is 15.6. The number of aromatic nitrogens is 2. The molecule has 1 aliphatic heterocycles. The first-order valence-electron chi connectivity index (χ1n) is 20.1. The largest absolute Gasteiger partial charge is 0.457 e. The predicted molar refractivity (Wildman–Crippen MR) is 233 cm³/mol. The minimum Gasteiger partial charge on any atom is -0.457 e. The normalized spacial score (nSPS) is 17.0. The average Bonchev–Trinajstić information content (AvgIpc) is 3.57. The number of rotatable bonds is 5. The SMILES string of the molecule is CC1CC=C(c2nc(C3=CC=CCC3)cc(-c3ccccc3)n2)C=C1c1ccc(-c2ccc3c(c2)Oc2ccccc2C32c3ccccc3-c3ccccc32)cc1. The standard InChI is InChI=1S/C54H40N2O/c1-35-24-25-41(53-55-49(38-14-4-2-5-15-38)34-50(56-53)39-16-6-3-7-17-39)32-44(35)37-28-26-36(27-29-37)40-30-31-48-52(33-40)57-51-23-13-12-22-47(51)54(48)45-20-10-8-18-42(45)43-19-9-11-21-46(43)54/h2-6,8-16,18-23,25-35H,7,17,24H2,1H3. The van der Waals surface area contributed by atoms with E-state index in [4.69, 9.17) is 14.7 Å². The van der Waals surface area contributed by atoms with Crippen molar-refractivity contribution in [1.29, 1.82) is 0 Å². The fourth-order valence-corrected chi connectivity index (χ4v) is 9.53. The van der Waals surface area contributed by atoms with Gasteiger partial charge in [-0.1, -0.05) is 165 Å². The summed E-state index contributed by atoms with van der Waals surface area (Å²) in [5, 5.41) is 0. The van der Waals surface area contributed by atoms with E-state index < -0.39 is 5.41 Å². The number of fused-ring (bicyclic) bond motifs is 9. The van der Waals surface area contributed by atoms with Crippen LogP contribution in [-0.4, -0.2) is 9.97 Å². The number of ether oxygens (including phenoxy) is 1. The molecule has 1 spiro atoms. The molecule has 0 saturated heterocycles. The van der Waals surface area contributed by atoms with Crippen molar-refractivity contribution in [3.8, 4) is 45.0 Å². The molecule has 2 heterocycles. The fraction of sp³-hybridized carbons (Fsp3) is 0.111. The van der Waals surface area contributed by atoms with Crippen molar-refractivity contribution in [1.82, 2.24) is 9.97 Å². The number of hydrogen-bond acceptors (Lipinski definition) is 3. The maximum Gasteiger partial charge on any atom is 0.160 e. The van der Waals surface area contributed by atoms with Crippen LogP contribution in [0.4, 0.5) is 0 Å². The zero-order valence-corrected chi connectivity index (χ0v) is 31.8. The lowest BCUT2D eigenvalue weighted by Crippen LogP contribution is -2.32. The molecule has 6 aromatic carbocycles. The highest BCUT2D eigenvalue weighted by atomic mass is 16.5. The van der Waals surface area contributed by atoms with Crippen molar-refractivity contribution in [3.05, 3.63) is 221 Å². The van der Waals surface area contributed by atoms with Crippen LogP contribution in [0, 0.1) is 5.92 Å². The summed E-state index contributed by atoms with van der Waals surface area (Å²) in [6.45, 7) is 2.31. The van der Waals surface area contributed by atoms with Crippen LogP contribution in [0.1, 0.15) is 65.5 Å². The van der Waals surface area contributed by atoms with Crippen LogP contribution in [0.2, 0.25) is 0 Å². The molecule has 0 N–H and O–H groups in total. The molecule has 7 aromatic rings. The molecule has 3 heteroatoms. The Morgan fingerprint density at radius 1 is 0.579 bits per heavy atom. The molecule has 0 radical (unpaired) electrons. The summed E-state index contributed by atoms with van der Waals surface area (Å²) < 4.78 is 6.79. The van der Waals surface area contributed by atoms with Crippen molar-refractivity contribution >= 4 is 16.7 Å². The van der Waals surface area contributed by atoms with Crippen molar-refractivity contribution in [2.75, 3.05) is 0 Å². The topological polar surface area (TPSA) is 35.0 Å². The van der Waals surface area contributed by atoms with Gasteiger partial charge in [0.05, 0.1) is 16.8 Å². The monoisotopic (exact) mass is 732 g/mol. The molecule has 1 aromatic heterocycles. The lowest BCUT2D eigenvalue weighted by molar-refractivity contribution is 0.436. The summed E-state index contributed by atoms with van der Waals surface area (Å²) in [4.78, 5) is 10.3. The first kappa shape index (κ1) is 33.5. The number of hydrogen-bond donors (Lipinski definition) is 0. The number of nitrogens with zero attached hydrogens (tertiary/aromatic N) is 2. The fourth-order valence-electron chi connectivity index (χ4n) is 9.53. The average molecular weight is 733 g/mol. The first-order valence-corrected chi connectivity index (χ1v) is 20.1. The Morgan fingerprint density at radius 3 is 1.98 bits per heavy atom. The Labute approximate surface area is 334 Å². The number of para-hydroxylation sites is 1. The molecule has 1 unspecified atom stereocenters. The van der Waals surface area contributed by atoms with Crippen LogP contribution in [0.3, 0.4) is 0 Å². The molecule has 3 aliphatic carbocycles. The van der Waals surface area contributed by atoms with Gasteiger partial charge in [0.15, 0.2) is 5.82 Å². The summed E-state index contributed by atoms with van der Waals surface area (Å²) >= 11 is 0. The summed E-state index contributed by atoms with van der Waals surface area (Å²) in [6, 6.07) is 54.8. The summed E-state index contributed by atoms with van der Waals surface area (Å²) in [5.41, 5.74) is 17.3. The van der Waals surface area contributed by atoms with Gasteiger partial charge in [0, 0.05) is 22.3 Å². The third-order valence-electron chi connectivity index (χ3n) is 12.3. The van der Waals surface area contributed by atoms with E-state index in [2.05, 4.69) is 189 Å². The van der Waals surface area contributed by atoms with Crippen molar-refractivity contribution in [2.24, 2.45) is 5.92 Å². The first-order chi connectivity index (χ1) is 28.1. The lowest BCUT2D eigenvalue weighted by atomic mass is 9.66. The molecule has 57 heavy (non-hydrogen) atoms. The lowest BCUT2D eigenvalue weighted by Gasteiger charge is -2.39. The molecule has 11 rings (SSSR count). The second kappa shape index (κ2) is 13.4. The third kappa shape index (κ3) is 5.41. The molecule has 272 valence electrons. The van der Waals surface area contributed by atoms with Gasteiger partial charge in [-0.2, -0.15) is 0 Å². The van der Waals surface area contributed by atoms with Crippen LogP contribution in [0.5, 0.6) is 11.5 Å². The minimum atomic E-state index is -0.454. The molecule has 1 atom stereocenters. The van der Waals surface area contributed by atoms with E-state index in [9.17, 15) is 0 Å². The van der Waals surface area contributed by atoms with Gasteiger partial charge >= 0.3 is 0 Å². The molecule has 0 fully saturated rings. The Morgan fingerprint density at radius 2 is 1.23 bits per heavy atom. The highest BCUT2D eigenvalue weighted by Crippen LogP contribution is 2.62. The predicted octanol–water partition coefficient (Wildman–Crippen LogP) is 13.5. The maximum absolute atomic E-state index is 6.79. The van der Waals surface area contributed by atoms with Crippen molar-refractivity contribution in [2.45, 2.75) is 31.6 Å².